The maximum Gasteiger partial charge on any atom is 0.290 e. The van der Waals surface area contributed by atoms with Crippen LogP contribution in [0.5, 0.6) is 0 Å². The molecular formula is C15H14FN3O2. The summed E-state index contributed by atoms with van der Waals surface area (Å²) in [5.41, 5.74) is 2.68. The number of carbonyl (C=O) groups is 1. The molecule has 21 heavy (non-hydrogen) atoms. The number of hydrogen-bond acceptors (Lipinski definition) is 3. The molecule has 3 aromatic rings. The van der Waals surface area contributed by atoms with Crippen LogP contribution in [0.4, 0.5) is 4.39 Å². The molecular weight excluding hydrogens is 273 g/mol. The Kier molecular flexibility index (Phi) is 3.21. The Morgan fingerprint density at radius 3 is 2.90 bits per heavy atom. The summed E-state index contributed by atoms with van der Waals surface area (Å²) in [5.74, 6) is -0.627. The van der Waals surface area contributed by atoms with Crippen LogP contribution in [-0.2, 0) is 6.54 Å². The SMILES string of the molecule is Cc1cc(C(=O)NCc2ccc3[nH]c(C)cc3c2F)on1. The van der Waals surface area contributed by atoms with E-state index in [4.69, 9.17) is 4.52 Å². The van der Waals surface area contributed by atoms with Gasteiger partial charge < -0.3 is 14.8 Å². The van der Waals surface area contributed by atoms with Crippen LogP contribution in [0.3, 0.4) is 0 Å². The van der Waals surface area contributed by atoms with Gasteiger partial charge in [0.05, 0.1) is 5.69 Å². The van der Waals surface area contributed by atoms with E-state index in [0.717, 1.165) is 11.2 Å². The van der Waals surface area contributed by atoms with Gasteiger partial charge in [0.15, 0.2) is 0 Å². The Balaban J connectivity index is 1.79. The Morgan fingerprint density at radius 2 is 2.19 bits per heavy atom. The minimum atomic E-state index is -0.416. The summed E-state index contributed by atoms with van der Waals surface area (Å²) in [7, 11) is 0. The highest BCUT2D eigenvalue weighted by atomic mass is 19.1. The first-order valence-electron chi connectivity index (χ1n) is 6.53. The van der Waals surface area contributed by atoms with E-state index in [-0.39, 0.29) is 18.1 Å². The minimum Gasteiger partial charge on any atom is -0.359 e. The third kappa shape index (κ3) is 2.52. The van der Waals surface area contributed by atoms with Gasteiger partial charge in [-0.2, -0.15) is 0 Å². The van der Waals surface area contributed by atoms with E-state index in [1.165, 1.54) is 6.07 Å². The van der Waals surface area contributed by atoms with Gasteiger partial charge in [0, 0.05) is 34.8 Å². The predicted octanol–water partition coefficient (Wildman–Crippen LogP) is 2.84. The molecule has 6 heteroatoms. The molecule has 0 unspecified atom stereocenters. The van der Waals surface area contributed by atoms with Crippen LogP contribution in [0, 0.1) is 19.7 Å². The summed E-state index contributed by atoms with van der Waals surface area (Å²) in [6.07, 6.45) is 0. The third-order valence-electron chi connectivity index (χ3n) is 3.24. The lowest BCUT2D eigenvalue weighted by molar-refractivity contribution is 0.0913. The van der Waals surface area contributed by atoms with Crippen molar-refractivity contribution in [1.29, 1.82) is 0 Å². The largest absolute Gasteiger partial charge is 0.359 e. The van der Waals surface area contributed by atoms with Crippen molar-refractivity contribution in [2.75, 3.05) is 0 Å². The molecule has 0 spiro atoms. The number of nitrogens with one attached hydrogen (secondary N) is 2. The Hall–Kier alpha value is -2.63. The molecule has 0 aliphatic carbocycles. The molecule has 5 nitrogen and oxygen atoms in total. The van der Waals surface area contributed by atoms with Gasteiger partial charge in [-0.25, -0.2) is 4.39 Å². The van der Waals surface area contributed by atoms with Crippen LogP contribution < -0.4 is 5.32 Å². The second-order valence-corrected chi connectivity index (χ2v) is 4.97. The van der Waals surface area contributed by atoms with Crippen LogP contribution in [0.25, 0.3) is 10.9 Å². The van der Waals surface area contributed by atoms with Crippen molar-refractivity contribution < 1.29 is 13.7 Å². The lowest BCUT2D eigenvalue weighted by Gasteiger charge is -2.05. The molecule has 1 amide bonds. The standard InChI is InChI=1S/C15H14FN3O2/c1-8-5-11-12(18-8)4-3-10(14(11)16)7-17-15(20)13-6-9(2)19-21-13/h3-6,18H,7H2,1-2H3,(H,17,20). The molecule has 0 aliphatic rings. The molecule has 2 N–H and O–H groups in total. The van der Waals surface area contributed by atoms with Crippen LogP contribution >= 0.6 is 0 Å². The Bertz CT molecular complexity index is 820. The molecule has 1 aromatic carbocycles. The summed E-state index contributed by atoms with van der Waals surface area (Å²) in [4.78, 5) is 14.9. The smallest absolute Gasteiger partial charge is 0.290 e. The number of carbonyl (C=O) groups excluding carboxylic acids is 1. The minimum absolute atomic E-state index is 0.0879. The lowest BCUT2D eigenvalue weighted by Crippen LogP contribution is -2.22. The van der Waals surface area contributed by atoms with Crippen molar-refractivity contribution in [3.63, 3.8) is 0 Å². The molecule has 2 heterocycles. The van der Waals surface area contributed by atoms with Crippen LogP contribution in [-0.4, -0.2) is 16.0 Å². The Labute approximate surface area is 120 Å². The number of aryl methyl sites for hydroxylation is 2. The van der Waals surface area contributed by atoms with Crippen molar-refractivity contribution >= 4 is 16.8 Å². The summed E-state index contributed by atoms with van der Waals surface area (Å²) in [6.45, 7) is 3.68. The first-order chi connectivity index (χ1) is 10.0. The molecule has 3 rings (SSSR count). The van der Waals surface area contributed by atoms with Crippen molar-refractivity contribution in [1.82, 2.24) is 15.5 Å². The molecule has 0 radical (unpaired) electrons. The molecule has 2 aromatic heterocycles. The van der Waals surface area contributed by atoms with Crippen LogP contribution in [0.15, 0.2) is 28.8 Å². The van der Waals surface area contributed by atoms with Gasteiger partial charge in [-0.1, -0.05) is 11.2 Å². The molecule has 0 bridgehead atoms. The zero-order valence-electron chi connectivity index (χ0n) is 11.7. The highest BCUT2D eigenvalue weighted by Gasteiger charge is 2.14. The molecule has 0 atom stereocenters. The highest BCUT2D eigenvalue weighted by molar-refractivity contribution is 5.91. The van der Waals surface area contributed by atoms with Crippen LogP contribution in [0.2, 0.25) is 0 Å². The van der Waals surface area contributed by atoms with Crippen molar-refractivity contribution in [3.8, 4) is 0 Å². The number of amides is 1. The maximum absolute atomic E-state index is 14.3. The molecule has 0 saturated carbocycles. The summed E-state index contributed by atoms with van der Waals surface area (Å²) in [6, 6.07) is 6.73. The zero-order valence-corrected chi connectivity index (χ0v) is 11.7. The zero-order chi connectivity index (χ0) is 15.0. The fraction of sp³-hybridized carbons (Fsp3) is 0.200. The first-order valence-corrected chi connectivity index (χ1v) is 6.53. The summed E-state index contributed by atoms with van der Waals surface area (Å²) < 4.78 is 19.2. The normalized spacial score (nSPS) is 11.0. The molecule has 0 saturated heterocycles. The average Bonchev–Trinajstić information content (AvgIpc) is 3.03. The van der Waals surface area contributed by atoms with Gasteiger partial charge in [-0.3, -0.25) is 4.79 Å². The van der Waals surface area contributed by atoms with Crippen molar-refractivity contribution in [2.24, 2.45) is 0 Å². The monoisotopic (exact) mass is 287 g/mol. The third-order valence-corrected chi connectivity index (χ3v) is 3.24. The lowest BCUT2D eigenvalue weighted by atomic mass is 10.1. The fourth-order valence-corrected chi connectivity index (χ4v) is 2.22. The van der Waals surface area contributed by atoms with Gasteiger partial charge in [0.1, 0.15) is 5.82 Å². The number of fused-ring (bicyclic) bond motifs is 1. The van der Waals surface area contributed by atoms with Crippen molar-refractivity contribution in [2.45, 2.75) is 20.4 Å². The molecule has 0 aliphatic heterocycles. The van der Waals surface area contributed by atoms with Gasteiger partial charge >= 0.3 is 0 Å². The number of aromatic nitrogens is 2. The van der Waals surface area contributed by atoms with Crippen molar-refractivity contribution in [3.05, 3.63) is 52.8 Å². The van der Waals surface area contributed by atoms with Gasteiger partial charge in [0.25, 0.3) is 5.91 Å². The second kappa shape index (κ2) is 5.05. The summed E-state index contributed by atoms with van der Waals surface area (Å²) >= 11 is 0. The number of benzene rings is 1. The van der Waals surface area contributed by atoms with Gasteiger partial charge in [-0.05, 0) is 26.0 Å². The van der Waals surface area contributed by atoms with E-state index in [1.807, 2.05) is 6.92 Å². The van der Waals surface area contributed by atoms with E-state index in [0.29, 0.717) is 16.6 Å². The number of hydrogen-bond donors (Lipinski definition) is 2. The number of H-pyrrole nitrogens is 1. The van der Waals surface area contributed by atoms with Gasteiger partial charge in [-0.15, -0.1) is 0 Å². The maximum atomic E-state index is 14.3. The van der Waals surface area contributed by atoms with Gasteiger partial charge in [0.2, 0.25) is 5.76 Å². The number of nitrogens with zero attached hydrogens (tertiary/aromatic N) is 1. The van der Waals surface area contributed by atoms with Crippen LogP contribution in [0.1, 0.15) is 27.5 Å². The van der Waals surface area contributed by atoms with E-state index >= 15 is 0 Å². The number of aromatic amines is 1. The van der Waals surface area contributed by atoms with E-state index < -0.39 is 5.91 Å². The first kappa shape index (κ1) is 13.4. The molecule has 0 fully saturated rings. The van der Waals surface area contributed by atoms with E-state index in [9.17, 15) is 9.18 Å². The number of rotatable bonds is 3. The summed E-state index contributed by atoms with van der Waals surface area (Å²) in [5, 5.41) is 6.78. The average molecular weight is 287 g/mol. The topological polar surface area (TPSA) is 70.9 Å². The fourth-order valence-electron chi connectivity index (χ4n) is 2.22. The Morgan fingerprint density at radius 1 is 1.38 bits per heavy atom. The quantitative estimate of drug-likeness (QED) is 0.778. The van der Waals surface area contributed by atoms with E-state index in [1.54, 1.807) is 25.1 Å². The second-order valence-electron chi connectivity index (χ2n) is 4.97. The highest BCUT2D eigenvalue weighted by Crippen LogP contribution is 2.21. The number of halogens is 1. The molecule has 108 valence electrons. The predicted molar refractivity (Wildman–Crippen MR) is 75.4 cm³/mol. The van der Waals surface area contributed by atoms with E-state index in [2.05, 4.69) is 15.5 Å².